The van der Waals surface area contributed by atoms with Gasteiger partial charge in [-0.1, -0.05) is 29.8 Å². The van der Waals surface area contributed by atoms with Gasteiger partial charge in [-0.25, -0.2) is 13.2 Å². The van der Waals surface area contributed by atoms with Gasteiger partial charge in [0.05, 0.1) is 5.92 Å². The van der Waals surface area contributed by atoms with Crippen LogP contribution in [0.3, 0.4) is 0 Å². The molecular formula is C32H39F5O. The van der Waals surface area contributed by atoms with Crippen LogP contribution in [0.4, 0.5) is 22.0 Å². The predicted octanol–water partition coefficient (Wildman–Crippen LogP) is 9.97. The molecule has 2 aromatic rings. The third-order valence-electron chi connectivity index (χ3n) is 9.93. The highest BCUT2D eigenvalue weighted by Gasteiger charge is 2.45. The fraction of sp³-hybridized carbons (Fsp3) is 0.625. The van der Waals surface area contributed by atoms with Crippen molar-refractivity contribution in [3.05, 3.63) is 65.0 Å². The van der Waals surface area contributed by atoms with Gasteiger partial charge in [0.15, 0.2) is 17.5 Å². The van der Waals surface area contributed by atoms with E-state index in [0.29, 0.717) is 42.7 Å². The van der Waals surface area contributed by atoms with Crippen molar-refractivity contribution in [1.82, 2.24) is 0 Å². The molecule has 0 spiro atoms. The average Bonchev–Trinajstić information content (AvgIpc) is 2.92. The third kappa shape index (κ3) is 6.20. The zero-order chi connectivity index (χ0) is 26.9. The Kier molecular flexibility index (Phi) is 8.35. The average molecular weight is 535 g/mol. The molecule has 0 saturated heterocycles. The molecular weight excluding hydrogens is 495 g/mol. The maximum Gasteiger partial charge on any atom is 0.400 e. The van der Waals surface area contributed by atoms with E-state index in [2.05, 4.69) is 35.9 Å². The first-order chi connectivity index (χ1) is 18.2. The van der Waals surface area contributed by atoms with E-state index in [1.165, 1.54) is 62.5 Å². The Morgan fingerprint density at radius 3 is 1.53 bits per heavy atom. The first-order valence-corrected chi connectivity index (χ1v) is 14.5. The lowest BCUT2D eigenvalue weighted by Gasteiger charge is -2.42. The lowest BCUT2D eigenvalue weighted by atomic mass is 9.64. The summed E-state index contributed by atoms with van der Waals surface area (Å²) >= 11 is 0. The third-order valence-corrected chi connectivity index (χ3v) is 9.93. The molecule has 0 radical (unpaired) electrons. The van der Waals surface area contributed by atoms with Gasteiger partial charge in [-0.05, 0) is 119 Å². The maximum atomic E-state index is 14.8. The largest absolute Gasteiger partial charge is 0.432 e. The van der Waals surface area contributed by atoms with Gasteiger partial charge in [0, 0.05) is 12.1 Å². The topological polar surface area (TPSA) is 9.23 Å². The molecule has 3 saturated carbocycles. The standard InChI is InChI=1S/C32H39F5O/c1-20-2-4-21(5-3-20)22-6-8-23(9-7-22)24-10-12-25(13-11-24)26-14-16-27(17-15-26)32(36,37)38-28-18-29(33)31(35)30(34)19-28/h2-5,18-19,22-27H,6-17H2,1H3. The molecule has 0 aromatic heterocycles. The van der Waals surface area contributed by atoms with Crippen LogP contribution in [0, 0.1) is 54.0 Å². The van der Waals surface area contributed by atoms with E-state index in [9.17, 15) is 22.0 Å². The van der Waals surface area contributed by atoms with Gasteiger partial charge < -0.3 is 4.74 Å². The number of halogens is 5. The Balaban J connectivity index is 1.06. The molecule has 0 aliphatic heterocycles. The van der Waals surface area contributed by atoms with E-state index in [0.717, 1.165) is 24.7 Å². The lowest BCUT2D eigenvalue weighted by Crippen LogP contribution is -2.38. The van der Waals surface area contributed by atoms with E-state index in [4.69, 9.17) is 0 Å². The van der Waals surface area contributed by atoms with Crippen LogP contribution in [0.15, 0.2) is 36.4 Å². The molecule has 0 amide bonds. The summed E-state index contributed by atoms with van der Waals surface area (Å²) in [5, 5.41) is 0. The van der Waals surface area contributed by atoms with Crippen molar-refractivity contribution < 1.29 is 26.7 Å². The van der Waals surface area contributed by atoms with E-state index in [-0.39, 0.29) is 0 Å². The van der Waals surface area contributed by atoms with Crippen molar-refractivity contribution >= 4 is 0 Å². The van der Waals surface area contributed by atoms with Crippen molar-refractivity contribution in [2.75, 3.05) is 0 Å². The van der Waals surface area contributed by atoms with Crippen LogP contribution < -0.4 is 4.74 Å². The number of hydrogen-bond acceptors (Lipinski definition) is 1. The quantitative estimate of drug-likeness (QED) is 0.265. The number of benzene rings is 2. The van der Waals surface area contributed by atoms with Crippen LogP contribution in [0.25, 0.3) is 0 Å². The number of ether oxygens (including phenoxy) is 1. The Bertz CT molecular complexity index is 1040. The molecule has 3 aliphatic rings. The normalized spacial score (nSPS) is 30.7. The molecule has 0 atom stereocenters. The predicted molar refractivity (Wildman–Crippen MR) is 139 cm³/mol. The fourth-order valence-electron chi connectivity index (χ4n) is 7.61. The minimum Gasteiger partial charge on any atom is -0.432 e. The lowest BCUT2D eigenvalue weighted by molar-refractivity contribution is -0.224. The van der Waals surface area contributed by atoms with Crippen molar-refractivity contribution in [1.29, 1.82) is 0 Å². The van der Waals surface area contributed by atoms with Gasteiger partial charge in [0.1, 0.15) is 5.75 Å². The zero-order valence-electron chi connectivity index (χ0n) is 22.2. The van der Waals surface area contributed by atoms with E-state index in [1.807, 2.05) is 0 Å². The Morgan fingerprint density at radius 1 is 0.632 bits per heavy atom. The first kappa shape index (κ1) is 27.5. The van der Waals surface area contributed by atoms with Gasteiger partial charge in [-0.2, -0.15) is 8.78 Å². The van der Waals surface area contributed by atoms with Gasteiger partial charge in [-0.15, -0.1) is 0 Å². The van der Waals surface area contributed by atoms with Gasteiger partial charge in [0.25, 0.3) is 0 Å². The summed E-state index contributed by atoms with van der Waals surface area (Å²) in [6.07, 6.45) is 8.66. The molecule has 3 fully saturated rings. The highest BCUT2D eigenvalue weighted by atomic mass is 19.3. The molecule has 0 heterocycles. The second-order valence-electron chi connectivity index (χ2n) is 12.2. The van der Waals surface area contributed by atoms with E-state index in [1.54, 1.807) is 0 Å². The summed E-state index contributed by atoms with van der Waals surface area (Å²) in [4.78, 5) is 0. The molecule has 208 valence electrons. The summed E-state index contributed by atoms with van der Waals surface area (Å²) < 4.78 is 74.2. The second-order valence-corrected chi connectivity index (χ2v) is 12.2. The first-order valence-electron chi connectivity index (χ1n) is 14.5. The number of alkyl halides is 2. The smallest absolute Gasteiger partial charge is 0.400 e. The van der Waals surface area contributed by atoms with Crippen molar-refractivity contribution in [2.24, 2.45) is 29.6 Å². The second kappa shape index (κ2) is 11.6. The van der Waals surface area contributed by atoms with E-state index < -0.39 is 35.2 Å². The molecule has 3 aliphatic carbocycles. The Labute approximate surface area is 223 Å². The van der Waals surface area contributed by atoms with Crippen LogP contribution in [-0.2, 0) is 0 Å². The van der Waals surface area contributed by atoms with Gasteiger partial charge >= 0.3 is 6.11 Å². The van der Waals surface area contributed by atoms with Crippen LogP contribution in [0.2, 0.25) is 0 Å². The van der Waals surface area contributed by atoms with Crippen LogP contribution in [0.1, 0.15) is 94.1 Å². The molecule has 6 heteroatoms. The van der Waals surface area contributed by atoms with E-state index >= 15 is 0 Å². The SMILES string of the molecule is Cc1ccc(C2CCC(C3CCC(C4CCC(C(F)(F)Oc5cc(F)c(F)c(F)c5)CC4)CC3)CC2)cc1. The zero-order valence-corrected chi connectivity index (χ0v) is 22.2. The monoisotopic (exact) mass is 534 g/mol. The molecule has 0 bridgehead atoms. The number of rotatable bonds is 6. The number of aryl methyl sites for hydroxylation is 1. The van der Waals surface area contributed by atoms with Crippen molar-refractivity contribution in [3.8, 4) is 5.75 Å². The van der Waals surface area contributed by atoms with Crippen molar-refractivity contribution in [3.63, 3.8) is 0 Å². The summed E-state index contributed by atoms with van der Waals surface area (Å²) in [7, 11) is 0. The Morgan fingerprint density at radius 2 is 1.05 bits per heavy atom. The summed E-state index contributed by atoms with van der Waals surface area (Å²) in [6, 6.07) is 9.99. The summed E-state index contributed by atoms with van der Waals surface area (Å²) in [5.74, 6) is -3.06. The minimum absolute atomic E-state index is 0.326. The molecule has 38 heavy (non-hydrogen) atoms. The number of hydrogen-bond donors (Lipinski definition) is 0. The molecule has 1 nitrogen and oxygen atoms in total. The van der Waals surface area contributed by atoms with Crippen molar-refractivity contribution in [2.45, 2.75) is 96.0 Å². The minimum atomic E-state index is -3.54. The van der Waals surface area contributed by atoms with Crippen LogP contribution in [0.5, 0.6) is 5.75 Å². The molecule has 0 N–H and O–H groups in total. The molecule has 5 rings (SSSR count). The summed E-state index contributed by atoms with van der Waals surface area (Å²) in [5.41, 5.74) is 2.80. The highest BCUT2D eigenvalue weighted by molar-refractivity contribution is 5.26. The van der Waals surface area contributed by atoms with Crippen LogP contribution >= 0.6 is 0 Å². The van der Waals surface area contributed by atoms with Gasteiger partial charge in [-0.3, -0.25) is 0 Å². The molecule has 2 aromatic carbocycles. The highest BCUT2D eigenvalue weighted by Crippen LogP contribution is 2.48. The molecule has 0 unspecified atom stereocenters. The van der Waals surface area contributed by atoms with Gasteiger partial charge in [0.2, 0.25) is 0 Å². The fourth-order valence-corrected chi connectivity index (χ4v) is 7.61. The summed E-state index contributed by atoms with van der Waals surface area (Å²) in [6.45, 7) is 2.13. The van der Waals surface area contributed by atoms with Crippen LogP contribution in [-0.4, -0.2) is 6.11 Å². The Hall–Kier alpha value is -2.11. The maximum absolute atomic E-state index is 14.8.